The number of nitrogen functional groups attached to an aromatic ring is 1. The maximum Gasteiger partial charge on any atom is 0.217 e. The SMILES string of the molecule is CCc1nc2c(N)nc3ccccc3c2n1CC1(NC(C)=O)CCCCC1. The molecule has 2 aromatic heterocycles. The molecular formula is C21H27N5O. The zero-order chi connectivity index (χ0) is 19.0. The van der Waals surface area contributed by atoms with E-state index >= 15 is 0 Å². The molecule has 0 bridgehead atoms. The fraction of sp³-hybridized carbons (Fsp3) is 0.476. The minimum Gasteiger partial charge on any atom is -0.382 e. The monoisotopic (exact) mass is 365 g/mol. The molecule has 0 radical (unpaired) electrons. The van der Waals surface area contributed by atoms with E-state index in [0.717, 1.165) is 66.4 Å². The molecule has 27 heavy (non-hydrogen) atoms. The number of amides is 1. The van der Waals surface area contributed by atoms with Crippen molar-refractivity contribution < 1.29 is 4.79 Å². The molecule has 4 rings (SSSR count). The second kappa shape index (κ2) is 6.83. The van der Waals surface area contributed by atoms with E-state index in [1.807, 2.05) is 18.2 Å². The third-order valence-corrected chi connectivity index (χ3v) is 5.72. The third kappa shape index (κ3) is 3.13. The molecular weight excluding hydrogens is 338 g/mol. The van der Waals surface area contributed by atoms with Gasteiger partial charge in [0, 0.05) is 25.3 Å². The van der Waals surface area contributed by atoms with E-state index in [2.05, 4.69) is 27.9 Å². The van der Waals surface area contributed by atoms with E-state index in [1.165, 1.54) is 6.42 Å². The summed E-state index contributed by atoms with van der Waals surface area (Å²) in [7, 11) is 0. The molecule has 0 spiro atoms. The van der Waals surface area contributed by atoms with Gasteiger partial charge in [-0.2, -0.15) is 0 Å². The number of nitrogens with two attached hydrogens (primary N) is 1. The Balaban J connectivity index is 1.93. The number of nitrogens with zero attached hydrogens (tertiary/aromatic N) is 3. The Hall–Kier alpha value is -2.63. The number of pyridine rings is 1. The summed E-state index contributed by atoms with van der Waals surface area (Å²) >= 11 is 0. The Morgan fingerprint density at radius 2 is 1.96 bits per heavy atom. The van der Waals surface area contributed by atoms with E-state index in [9.17, 15) is 4.79 Å². The van der Waals surface area contributed by atoms with Crippen LogP contribution in [-0.2, 0) is 17.8 Å². The molecule has 3 aromatic rings. The fourth-order valence-corrected chi connectivity index (χ4v) is 4.57. The number of imidazole rings is 1. The van der Waals surface area contributed by atoms with Crippen LogP contribution in [0.2, 0.25) is 0 Å². The van der Waals surface area contributed by atoms with Crippen LogP contribution in [0.25, 0.3) is 21.9 Å². The highest BCUT2D eigenvalue weighted by Crippen LogP contribution is 2.34. The predicted octanol–water partition coefficient (Wildman–Crippen LogP) is 3.57. The van der Waals surface area contributed by atoms with Gasteiger partial charge in [0.05, 0.1) is 16.6 Å². The fourth-order valence-electron chi connectivity index (χ4n) is 4.57. The molecule has 1 aliphatic rings. The van der Waals surface area contributed by atoms with E-state index in [0.29, 0.717) is 5.82 Å². The second-order valence-corrected chi connectivity index (χ2v) is 7.70. The van der Waals surface area contributed by atoms with Gasteiger partial charge in [0.15, 0.2) is 5.82 Å². The lowest BCUT2D eigenvalue weighted by Crippen LogP contribution is -2.52. The molecule has 6 nitrogen and oxygen atoms in total. The number of benzene rings is 1. The zero-order valence-corrected chi connectivity index (χ0v) is 16.1. The van der Waals surface area contributed by atoms with Gasteiger partial charge in [-0.15, -0.1) is 0 Å². The molecule has 1 aliphatic carbocycles. The number of hydrogen-bond donors (Lipinski definition) is 2. The molecule has 1 aromatic carbocycles. The van der Waals surface area contributed by atoms with Crippen LogP contribution in [0.4, 0.5) is 5.82 Å². The summed E-state index contributed by atoms with van der Waals surface area (Å²) in [5, 5.41) is 4.34. The summed E-state index contributed by atoms with van der Waals surface area (Å²) < 4.78 is 2.27. The average molecular weight is 365 g/mol. The second-order valence-electron chi connectivity index (χ2n) is 7.70. The number of anilines is 1. The van der Waals surface area contributed by atoms with Crippen molar-refractivity contribution in [3.05, 3.63) is 30.1 Å². The molecule has 1 fully saturated rings. The Morgan fingerprint density at radius 3 is 2.67 bits per heavy atom. The van der Waals surface area contributed by atoms with Crippen molar-refractivity contribution in [3.63, 3.8) is 0 Å². The topological polar surface area (TPSA) is 85.8 Å². The number of nitrogens with one attached hydrogen (secondary N) is 1. The van der Waals surface area contributed by atoms with E-state index < -0.39 is 0 Å². The van der Waals surface area contributed by atoms with Crippen LogP contribution in [0.3, 0.4) is 0 Å². The molecule has 0 saturated heterocycles. The first-order valence-electron chi connectivity index (χ1n) is 9.85. The average Bonchev–Trinajstić information content (AvgIpc) is 3.01. The third-order valence-electron chi connectivity index (χ3n) is 5.72. The Bertz CT molecular complexity index is 1000. The first-order valence-corrected chi connectivity index (χ1v) is 9.85. The van der Waals surface area contributed by atoms with Gasteiger partial charge in [-0.25, -0.2) is 9.97 Å². The number of carbonyl (C=O) groups is 1. The van der Waals surface area contributed by atoms with Gasteiger partial charge in [0.1, 0.15) is 11.3 Å². The Kier molecular flexibility index (Phi) is 4.50. The summed E-state index contributed by atoms with van der Waals surface area (Å²) in [6.07, 6.45) is 6.30. The number of aromatic nitrogens is 3. The normalized spacial score (nSPS) is 16.7. The van der Waals surface area contributed by atoms with E-state index in [1.54, 1.807) is 6.92 Å². The van der Waals surface area contributed by atoms with Crippen molar-refractivity contribution in [1.29, 1.82) is 0 Å². The van der Waals surface area contributed by atoms with Crippen molar-refractivity contribution in [2.24, 2.45) is 0 Å². The van der Waals surface area contributed by atoms with Crippen molar-refractivity contribution in [2.75, 3.05) is 5.73 Å². The number of hydrogen-bond acceptors (Lipinski definition) is 4. The molecule has 142 valence electrons. The first kappa shape index (κ1) is 17.8. The molecule has 2 heterocycles. The zero-order valence-electron chi connectivity index (χ0n) is 16.1. The Labute approximate surface area is 159 Å². The summed E-state index contributed by atoms with van der Waals surface area (Å²) in [6.45, 7) is 4.44. The number of fused-ring (bicyclic) bond motifs is 3. The van der Waals surface area contributed by atoms with Crippen molar-refractivity contribution in [2.45, 2.75) is 64.5 Å². The summed E-state index contributed by atoms with van der Waals surface area (Å²) in [4.78, 5) is 21.3. The van der Waals surface area contributed by atoms with E-state index in [-0.39, 0.29) is 11.4 Å². The van der Waals surface area contributed by atoms with Gasteiger partial charge < -0.3 is 15.6 Å². The van der Waals surface area contributed by atoms with Crippen molar-refractivity contribution in [1.82, 2.24) is 19.9 Å². The molecule has 0 unspecified atom stereocenters. The number of para-hydroxylation sites is 1. The molecule has 1 saturated carbocycles. The molecule has 6 heteroatoms. The standard InChI is InChI=1S/C21H27N5O/c1-3-17-24-18-19(15-9-5-6-10-16(15)23-20(18)22)26(17)13-21(25-14(2)27)11-7-4-8-12-21/h5-6,9-10H,3-4,7-8,11-13H2,1-2H3,(H2,22,23)(H,25,27). The molecule has 0 aliphatic heterocycles. The largest absolute Gasteiger partial charge is 0.382 e. The highest BCUT2D eigenvalue weighted by molar-refractivity contribution is 6.06. The van der Waals surface area contributed by atoms with Crippen LogP contribution >= 0.6 is 0 Å². The lowest BCUT2D eigenvalue weighted by Gasteiger charge is -2.38. The summed E-state index contributed by atoms with van der Waals surface area (Å²) in [6, 6.07) is 8.06. The van der Waals surface area contributed by atoms with Crippen LogP contribution < -0.4 is 11.1 Å². The molecule has 1 amide bonds. The van der Waals surface area contributed by atoms with E-state index in [4.69, 9.17) is 10.7 Å². The highest BCUT2D eigenvalue weighted by atomic mass is 16.1. The lowest BCUT2D eigenvalue weighted by atomic mass is 9.81. The first-order chi connectivity index (χ1) is 13.0. The lowest BCUT2D eigenvalue weighted by molar-refractivity contribution is -0.121. The summed E-state index contributed by atoms with van der Waals surface area (Å²) in [5.74, 6) is 1.49. The van der Waals surface area contributed by atoms with Gasteiger partial charge >= 0.3 is 0 Å². The predicted molar refractivity (Wildman–Crippen MR) is 108 cm³/mol. The smallest absolute Gasteiger partial charge is 0.217 e. The quantitative estimate of drug-likeness (QED) is 0.740. The summed E-state index contributed by atoms with van der Waals surface area (Å²) in [5.41, 5.74) is 8.70. The number of rotatable bonds is 4. The van der Waals surface area contributed by atoms with Gasteiger partial charge in [0.2, 0.25) is 5.91 Å². The van der Waals surface area contributed by atoms with Crippen LogP contribution in [0, 0.1) is 0 Å². The highest BCUT2D eigenvalue weighted by Gasteiger charge is 2.34. The molecule has 3 N–H and O–H groups in total. The maximum atomic E-state index is 12.0. The van der Waals surface area contributed by atoms with Crippen LogP contribution in [-0.4, -0.2) is 26.0 Å². The number of aryl methyl sites for hydroxylation is 1. The van der Waals surface area contributed by atoms with Crippen molar-refractivity contribution in [3.8, 4) is 0 Å². The van der Waals surface area contributed by atoms with Gasteiger partial charge in [-0.1, -0.05) is 44.4 Å². The number of carbonyl (C=O) groups excluding carboxylic acids is 1. The molecule has 0 atom stereocenters. The minimum absolute atomic E-state index is 0.0328. The van der Waals surface area contributed by atoms with Crippen LogP contribution in [0.15, 0.2) is 24.3 Å². The van der Waals surface area contributed by atoms with Gasteiger partial charge in [-0.3, -0.25) is 4.79 Å². The van der Waals surface area contributed by atoms with Crippen molar-refractivity contribution >= 4 is 33.7 Å². The minimum atomic E-state index is -0.221. The van der Waals surface area contributed by atoms with Gasteiger partial charge in [0.25, 0.3) is 0 Å². The van der Waals surface area contributed by atoms with Gasteiger partial charge in [-0.05, 0) is 18.9 Å². The van der Waals surface area contributed by atoms with Crippen LogP contribution in [0.1, 0.15) is 51.8 Å². The van der Waals surface area contributed by atoms with Crippen LogP contribution in [0.5, 0.6) is 0 Å². The Morgan fingerprint density at radius 1 is 1.22 bits per heavy atom. The maximum absolute atomic E-state index is 12.0.